The maximum Gasteiger partial charge on any atom is 0.0702 e. The van der Waals surface area contributed by atoms with Gasteiger partial charge in [-0.25, -0.2) is 0 Å². The summed E-state index contributed by atoms with van der Waals surface area (Å²) in [6, 6.07) is 11.2. The van der Waals surface area contributed by atoms with Gasteiger partial charge < -0.3 is 10.5 Å². The van der Waals surface area contributed by atoms with E-state index in [4.69, 9.17) is 10.5 Å². The lowest BCUT2D eigenvalue weighted by molar-refractivity contribution is 0.0818. The van der Waals surface area contributed by atoms with Crippen LogP contribution in [-0.4, -0.2) is 43.3 Å². The van der Waals surface area contributed by atoms with E-state index >= 15 is 0 Å². The topological polar surface area (TPSA) is 38.5 Å². The van der Waals surface area contributed by atoms with E-state index in [2.05, 4.69) is 43.1 Å². The Kier molecular flexibility index (Phi) is 4.75. The fourth-order valence-corrected chi connectivity index (χ4v) is 2.79. The molecule has 0 aliphatic carbocycles. The third-order valence-electron chi connectivity index (χ3n) is 3.77. The zero-order valence-electron chi connectivity index (χ0n) is 11.4. The number of nitrogens with zero attached hydrogens (tertiary/aromatic N) is 1. The van der Waals surface area contributed by atoms with E-state index in [0.29, 0.717) is 12.1 Å². The molecule has 18 heavy (non-hydrogen) atoms. The molecule has 1 aromatic rings. The van der Waals surface area contributed by atoms with Crippen LogP contribution in [0.15, 0.2) is 30.3 Å². The van der Waals surface area contributed by atoms with Crippen molar-refractivity contribution in [2.24, 2.45) is 5.73 Å². The molecule has 0 bridgehead atoms. The Bertz CT molecular complexity index is 355. The molecule has 0 radical (unpaired) electrons. The molecule has 1 saturated heterocycles. The van der Waals surface area contributed by atoms with Crippen LogP contribution in [0.1, 0.15) is 18.9 Å². The number of hydrogen-bond donors (Lipinski definition) is 1. The Labute approximate surface area is 110 Å². The number of likely N-dealkylation sites (N-methyl/N-ethyl adjacent to an activating group) is 1. The number of hydrogen-bond acceptors (Lipinski definition) is 3. The van der Waals surface area contributed by atoms with Gasteiger partial charge in [-0.05, 0) is 32.4 Å². The highest BCUT2D eigenvalue weighted by Gasteiger charge is 2.28. The molecule has 1 aromatic carbocycles. The third-order valence-corrected chi connectivity index (χ3v) is 3.77. The third kappa shape index (κ3) is 3.55. The summed E-state index contributed by atoms with van der Waals surface area (Å²) in [5.41, 5.74) is 7.55. The summed E-state index contributed by atoms with van der Waals surface area (Å²) < 4.78 is 5.60. The fraction of sp³-hybridized carbons (Fsp3) is 0.600. The second-order valence-electron chi connectivity index (χ2n) is 5.32. The average Bonchev–Trinajstić information content (AvgIpc) is 2.76. The van der Waals surface area contributed by atoms with Crippen molar-refractivity contribution in [3.05, 3.63) is 35.9 Å². The first-order valence-corrected chi connectivity index (χ1v) is 6.78. The van der Waals surface area contributed by atoms with Crippen LogP contribution in [0.4, 0.5) is 0 Å². The zero-order chi connectivity index (χ0) is 13.0. The SMILES string of the molecule is CC1OCCC1N(C)CC(N)Cc1ccccc1. The van der Waals surface area contributed by atoms with Gasteiger partial charge in [0.25, 0.3) is 0 Å². The molecule has 0 aromatic heterocycles. The van der Waals surface area contributed by atoms with Crippen LogP contribution in [0, 0.1) is 0 Å². The van der Waals surface area contributed by atoms with Crippen molar-refractivity contribution < 1.29 is 4.74 Å². The van der Waals surface area contributed by atoms with Crippen LogP contribution in [0.3, 0.4) is 0 Å². The quantitative estimate of drug-likeness (QED) is 0.861. The first-order valence-electron chi connectivity index (χ1n) is 6.78. The molecular formula is C15H24N2O. The van der Waals surface area contributed by atoms with Gasteiger partial charge in [0.05, 0.1) is 6.10 Å². The number of benzene rings is 1. The minimum Gasteiger partial charge on any atom is -0.377 e. The van der Waals surface area contributed by atoms with Crippen LogP contribution < -0.4 is 5.73 Å². The van der Waals surface area contributed by atoms with Gasteiger partial charge >= 0.3 is 0 Å². The number of rotatable bonds is 5. The van der Waals surface area contributed by atoms with Crippen LogP contribution in [0.2, 0.25) is 0 Å². The first kappa shape index (κ1) is 13.5. The van der Waals surface area contributed by atoms with E-state index in [0.717, 1.165) is 26.0 Å². The normalized spacial score (nSPS) is 25.6. The Balaban J connectivity index is 1.82. The van der Waals surface area contributed by atoms with Crippen molar-refractivity contribution in [3.8, 4) is 0 Å². The van der Waals surface area contributed by atoms with Crippen molar-refractivity contribution >= 4 is 0 Å². The highest BCUT2D eigenvalue weighted by molar-refractivity contribution is 5.15. The van der Waals surface area contributed by atoms with Crippen molar-refractivity contribution in [1.29, 1.82) is 0 Å². The van der Waals surface area contributed by atoms with Crippen LogP contribution in [0.5, 0.6) is 0 Å². The lowest BCUT2D eigenvalue weighted by Gasteiger charge is -2.29. The van der Waals surface area contributed by atoms with E-state index in [1.54, 1.807) is 0 Å². The summed E-state index contributed by atoms with van der Waals surface area (Å²) in [4.78, 5) is 2.35. The maximum absolute atomic E-state index is 6.24. The molecule has 0 amide bonds. The molecule has 2 rings (SSSR count). The predicted octanol–water partition coefficient (Wildman–Crippen LogP) is 1.67. The van der Waals surface area contributed by atoms with Crippen molar-refractivity contribution in [2.45, 2.75) is 38.0 Å². The molecule has 100 valence electrons. The van der Waals surface area contributed by atoms with Gasteiger partial charge in [-0.3, -0.25) is 4.90 Å². The number of ether oxygens (including phenoxy) is 1. The Morgan fingerprint density at radius 3 is 2.72 bits per heavy atom. The first-order chi connectivity index (χ1) is 8.66. The van der Waals surface area contributed by atoms with Crippen molar-refractivity contribution in [1.82, 2.24) is 4.90 Å². The molecular weight excluding hydrogens is 224 g/mol. The minimum absolute atomic E-state index is 0.185. The van der Waals surface area contributed by atoms with Crippen LogP contribution in [-0.2, 0) is 11.2 Å². The average molecular weight is 248 g/mol. The summed E-state index contributed by atoms with van der Waals surface area (Å²) in [5.74, 6) is 0. The molecule has 0 saturated carbocycles. The van der Waals surface area contributed by atoms with E-state index in [1.807, 2.05) is 6.07 Å². The summed E-state index contributed by atoms with van der Waals surface area (Å²) in [5, 5.41) is 0. The van der Waals surface area contributed by atoms with Crippen molar-refractivity contribution in [3.63, 3.8) is 0 Å². The molecule has 1 aliphatic heterocycles. The molecule has 3 nitrogen and oxygen atoms in total. The summed E-state index contributed by atoms with van der Waals surface area (Å²) in [7, 11) is 2.15. The van der Waals surface area contributed by atoms with Gasteiger partial charge in [0.15, 0.2) is 0 Å². The highest BCUT2D eigenvalue weighted by atomic mass is 16.5. The van der Waals surface area contributed by atoms with E-state index in [9.17, 15) is 0 Å². The minimum atomic E-state index is 0.185. The summed E-state index contributed by atoms with van der Waals surface area (Å²) >= 11 is 0. The predicted molar refractivity (Wildman–Crippen MR) is 74.6 cm³/mol. The number of nitrogens with two attached hydrogens (primary N) is 1. The molecule has 3 heteroatoms. The van der Waals surface area contributed by atoms with Gasteiger partial charge in [0.2, 0.25) is 0 Å². The summed E-state index contributed by atoms with van der Waals surface area (Å²) in [6.07, 6.45) is 2.39. The van der Waals surface area contributed by atoms with Gasteiger partial charge in [-0.1, -0.05) is 30.3 Å². The molecule has 2 N–H and O–H groups in total. The Morgan fingerprint density at radius 2 is 2.11 bits per heavy atom. The summed E-state index contributed by atoms with van der Waals surface area (Å²) in [6.45, 7) is 3.95. The van der Waals surface area contributed by atoms with Crippen molar-refractivity contribution in [2.75, 3.05) is 20.2 Å². The smallest absolute Gasteiger partial charge is 0.0702 e. The van der Waals surface area contributed by atoms with Gasteiger partial charge in [0, 0.05) is 25.2 Å². The Hall–Kier alpha value is -0.900. The second kappa shape index (κ2) is 6.32. The molecule has 1 aliphatic rings. The zero-order valence-corrected chi connectivity index (χ0v) is 11.4. The monoisotopic (exact) mass is 248 g/mol. The Morgan fingerprint density at radius 1 is 1.39 bits per heavy atom. The maximum atomic E-state index is 6.24. The molecule has 3 unspecified atom stereocenters. The standard InChI is InChI=1S/C15H24N2O/c1-12-15(8-9-18-12)17(2)11-14(16)10-13-6-4-3-5-7-13/h3-7,12,14-15H,8-11,16H2,1-2H3. The molecule has 3 atom stereocenters. The lowest BCUT2D eigenvalue weighted by Crippen LogP contribution is -2.44. The van der Waals surface area contributed by atoms with E-state index in [1.165, 1.54) is 5.56 Å². The van der Waals surface area contributed by atoms with Gasteiger partial charge in [-0.15, -0.1) is 0 Å². The molecule has 1 fully saturated rings. The highest BCUT2D eigenvalue weighted by Crippen LogP contribution is 2.18. The second-order valence-corrected chi connectivity index (χ2v) is 5.32. The van der Waals surface area contributed by atoms with Crippen LogP contribution in [0.25, 0.3) is 0 Å². The lowest BCUT2D eigenvalue weighted by atomic mass is 10.0. The molecule has 0 spiro atoms. The largest absolute Gasteiger partial charge is 0.377 e. The van der Waals surface area contributed by atoms with E-state index in [-0.39, 0.29) is 6.04 Å². The van der Waals surface area contributed by atoms with Gasteiger partial charge in [-0.2, -0.15) is 0 Å². The fourth-order valence-electron chi connectivity index (χ4n) is 2.79. The van der Waals surface area contributed by atoms with E-state index < -0.39 is 0 Å². The van der Waals surface area contributed by atoms with Gasteiger partial charge in [0.1, 0.15) is 0 Å². The molecule has 1 heterocycles. The van der Waals surface area contributed by atoms with Crippen LogP contribution >= 0.6 is 0 Å².